The van der Waals surface area contributed by atoms with Gasteiger partial charge in [0.2, 0.25) is 0 Å². The number of likely N-dealkylation sites (tertiary alicyclic amines) is 1. The lowest BCUT2D eigenvalue weighted by molar-refractivity contribution is -0.159. The molecule has 2 unspecified atom stereocenters. The van der Waals surface area contributed by atoms with Crippen LogP contribution in [0.3, 0.4) is 0 Å². The fourth-order valence-electron chi connectivity index (χ4n) is 7.81. The van der Waals surface area contributed by atoms with E-state index in [1.165, 1.54) is 51.6 Å². The van der Waals surface area contributed by atoms with Crippen LogP contribution in [0.2, 0.25) is 0 Å². The number of hydrogen-bond donors (Lipinski definition) is 0. The highest BCUT2D eigenvalue weighted by molar-refractivity contribution is 6.04. The number of benzene rings is 1. The van der Waals surface area contributed by atoms with E-state index in [0.717, 1.165) is 48.0 Å². The summed E-state index contributed by atoms with van der Waals surface area (Å²) in [6, 6.07) is 8.10. The maximum atomic E-state index is 13.9. The molecule has 6 aliphatic rings. The van der Waals surface area contributed by atoms with Gasteiger partial charge >= 0.3 is 0 Å². The van der Waals surface area contributed by atoms with Gasteiger partial charge in [0.25, 0.3) is 0 Å². The summed E-state index contributed by atoms with van der Waals surface area (Å²) >= 11 is 0. The Morgan fingerprint density at radius 1 is 1.00 bits per heavy atom. The van der Waals surface area contributed by atoms with E-state index >= 15 is 0 Å². The molecule has 7 rings (SSSR count). The first kappa shape index (κ1) is 17.3. The molecule has 1 saturated heterocycles. The van der Waals surface area contributed by atoms with Crippen LogP contribution in [0, 0.1) is 17.3 Å². The molecule has 4 saturated carbocycles. The van der Waals surface area contributed by atoms with Crippen molar-refractivity contribution >= 4 is 11.9 Å². The summed E-state index contributed by atoms with van der Waals surface area (Å²) in [7, 11) is 0. The number of carbonyl (C=O) groups excluding carboxylic acids is 1. The van der Waals surface area contributed by atoms with Crippen LogP contribution in [0.1, 0.15) is 63.4 Å². The average molecular weight is 378 g/mol. The van der Waals surface area contributed by atoms with Gasteiger partial charge in [0.15, 0.2) is 5.78 Å². The first-order chi connectivity index (χ1) is 13.7. The van der Waals surface area contributed by atoms with Crippen LogP contribution in [0.15, 0.2) is 29.8 Å². The van der Waals surface area contributed by atoms with Crippen molar-refractivity contribution in [3.63, 3.8) is 0 Å². The molecule has 0 spiro atoms. The lowest BCUT2D eigenvalue weighted by Gasteiger charge is -2.65. The number of rotatable bonds is 3. The largest absolute Gasteiger partial charge is 0.488 e. The van der Waals surface area contributed by atoms with Gasteiger partial charge in [-0.3, -0.25) is 9.69 Å². The van der Waals surface area contributed by atoms with Crippen molar-refractivity contribution in [2.75, 3.05) is 19.7 Å². The molecule has 2 atom stereocenters. The van der Waals surface area contributed by atoms with E-state index in [2.05, 4.69) is 17.0 Å². The number of ketones is 1. The molecule has 0 N–H and O–H groups in total. The minimum Gasteiger partial charge on any atom is -0.488 e. The molecule has 0 aromatic heterocycles. The highest BCUT2D eigenvalue weighted by Gasteiger charge is 2.62. The van der Waals surface area contributed by atoms with Gasteiger partial charge in [-0.05, 0) is 88.4 Å². The zero-order chi connectivity index (χ0) is 18.8. The number of Topliss-reactive ketones (excluding diaryl/α,β-unsaturated/α-hetero) is 1. The molecule has 3 heteroatoms. The van der Waals surface area contributed by atoms with E-state index in [9.17, 15) is 4.79 Å². The van der Waals surface area contributed by atoms with Crippen molar-refractivity contribution in [2.24, 2.45) is 17.3 Å². The van der Waals surface area contributed by atoms with Gasteiger partial charge < -0.3 is 4.74 Å². The third-order valence-electron chi connectivity index (χ3n) is 8.46. The van der Waals surface area contributed by atoms with Crippen LogP contribution in [0.25, 0.3) is 6.08 Å². The van der Waals surface area contributed by atoms with Crippen LogP contribution in [0.4, 0.5) is 0 Å². The lowest BCUT2D eigenvalue weighted by Crippen LogP contribution is -2.65. The third-order valence-corrected chi connectivity index (χ3v) is 8.46. The Morgan fingerprint density at radius 3 is 2.54 bits per heavy atom. The van der Waals surface area contributed by atoms with E-state index in [4.69, 9.17) is 4.74 Å². The quantitative estimate of drug-likeness (QED) is 0.754. The smallest absolute Gasteiger partial charge is 0.168 e. The van der Waals surface area contributed by atoms with Crippen molar-refractivity contribution in [1.82, 2.24) is 4.90 Å². The Morgan fingerprint density at radius 2 is 1.75 bits per heavy atom. The van der Waals surface area contributed by atoms with Crippen LogP contribution in [-0.4, -0.2) is 35.9 Å². The molecular weight excluding hydrogens is 346 g/mol. The Bertz CT molecular complexity index is 821. The maximum Gasteiger partial charge on any atom is 0.168 e. The van der Waals surface area contributed by atoms with Crippen molar-refractivity contribution in [3.05, 3.63) is 35.4 Å². The topological polar surface area (TPSA) is 29.5 Å². The Balaban J connectivity index is 1.34. The second-order valence-electron chi connectivity index (χ2n) is 10.3. The van der Waals surface area contributed by atoms with Gasteiger partial charge in [0, 0.05) is 22.1 Å². The number of piperidine rings is 1. The summed E-state index contributed by atoms with van der Waals surface area (Å²) in [5.74, 6) is 2.83. The molecule has 148 valence electrons. The summed E-state index contributed by atoms with van der Waals surface area (Å²) < 4.78 is 5.96. The Labute approximate surface area is 168 Å². The second kappa shape index (κ2) is 6.19. The molecular formula is C25H31NO2. The zero-order valence-corrected chi connectivity index (χ0v) is 16.8. The van der Waals surface area contributed by atoms with Crippen LogP contribution in [0.5, 0.6) is 5.75 Å². The molecule has 2 heterocycles. The van der Waals surface area contributed by atoms with Gasteiger partial charge in [-0.2, -0.15) is 0 Å². The summed E-state index contributed by atoms with van der Waals surface area (Å²) in [5.41, 5.74) is 2.17. The normalized spacial score (nSPS) is 39.2. The van der Waals surface area contributed by atoms with E-state index in [0.29, 0.717) is 17.9 Å². The van der Waals surface area contributed by atoms with Crippen LogP contribution in [-0.2, 0) is 4.79 Å². The monoisotopic (exact) mass is 377 g/mol. The van der Waals surface area contributed by atoms with Crippen LogP contribution < -0.4 is 4.74 Å². The van der Waals surface area contributed by atoms with E-state index in [-0.39, 0.29) is 5.41 Å². The third kappa shape index (κ3) is 2.55. The number of fused-ring (bicyclic) bond motifs is 1. The first-order valence-corrected chi connectivity index (χ1v) is 11.4. The molecule has 0 amide bonds. The highest BCUT2D eigenvalue weighted by Crippen LogP contribution is 2.64. The maximum absolute atomic E-state index is 13.9. The molecule has 1 aromatic rings. The molecule has 4 bridgehead atoms. The van der Waals surface area contributed by atoms with Crippen molar-refractivity contribution < 1.29 is 9.53 Å². The van der Waals surface area contributed by atoms with Gasteiger partial charge in [0.1, 0.15) is 12.4 Å². The summed E-state index contributed by atoms with van der Waals surface area (Å²) in [6.45, 7) is 2.95. The molecule has 5 fully saturated rings. The van der Waals surface area contributed by atoms with E-state index < -0.39 is 0 Å². The zero-order valence-electron chi connectivity index (χ0n) is 16.8. The Hall–Kier alpha value is -1.61. The predicted molar refractivity (Wildman–Crippen MR) is 110 cm³/mol. The summed E-state index contributed by atoms with van der Waals surface area (Å²) in [6.07, 6.45) is 13.6. The fourth-order valence-corrected chi connectivity index (χ4v) is 7.81. The first-order valence-electron chi connectivity index (χ1n) is 11.4. The number of nitrogens with zero attached hydrogens (tertiary/aromatic N) is 1. The molecule has 4 aliphatic carbocycles. The van der Waals surface area contributed by atoms with Crippen molar-refractivity contribution in [3.8, 4) is 5.75 Å². The summed E-state index contributed by atoms with van der Waals surface area (Å²) in [5, 5.41) is 0. The second-order valence-corrected chi connectivity index (χ2v) is 10.3. The molecule has 28 heavy (non-hydrogen) atoms. The number of para-hydroxylation sites is 1. The molecule has 2 aliphatic heterocycles. The molecule has 0 radical (unpaired) electrons. The molecule has 3 nitrogen and oxygen atoms in total. The van der Waals surface area contributed by atoms with Gasteiger partial charge in [-0.1, -0.05) is 24.6 Å². The SMILES string of the molecule is O=C(C1=Cc2ccccc2OC1)C12CC3CC(C1)CC(N1CCCCC1)(C3)C2. The van der Waals surface area contributed by atoms with E-state index in [1.807, 2.05) is 18.2 Å². The lowest BCUT2D eigenvalue weighted by atomic mass is 9.45. The van der Waals surface area contributed by atoms with Crippen molar-refractivity contribution in [2.45, 2.75) is 63.3 Å². The van der Waals surface area contributed by atoms with Gasteiger partial charge in [-0.25, -0.2) is 0 Å². The Kier molecular flexibility index (Phi) is 3.82. The van der Waals surface area contributed by atoms with Gasteiger partial charge in [0.05, 0.1) is 0 Å². The minimum absolute atomic E-state index is 0.122. The molecule has 1 aromatic carbocycles. The number of hydrogen-bond acceptors (Lipinski definition) is 3. The van der Waals surface area contributed by atoms with E-state index in [1.54, 1.807) is 0 Å². The average Bonchev–Trinajstić information content (AvgIpc) is 2.72. The summed E-state index contributed by atoms with van der Waals surface area (Å²) in [4.78, 5) is 16.7. The number of carbonyl (C=O) groups is 1. The standard InChI is InChI=1S/C25H31NO2/c27-23(21-11-20-6-2-3-7-22(20)28-16-21)24-12-18-10-19(13-24)15-25(14-18,17-24)26-8-4-1-5-9-26/h2-3,6-7,11,18-19H,1,4-5,8-10,12-17H2. The van der Waals surface area contributed by atoms with Crippen LogP contribution >= 0.6 is 0 Å². The number of ether oxygens (including phenoxy) is 1. The highest BCUT2D eigenvalue weighted by atomic mass is 16.5. The minimum atomic E-state index is -0.122. The van der Waals surface area contributed by atoms with Gasteiger partial charge in [-0.15, -0.1) is 0 Å². The predicted octanol–water partition coefficient (Wildman–Crippen LogP) is 4.86. The fraction of sp³-hybridized carbons (Fsp3) is 0.640. The van der Waals surface area contributed by atoms with Crippen molar-refractivity contribution in [1.29, 1.82) is 0 Å².